The number of hydrogen-bond acceptors (Lipinski definition) is 6. The number of fused-ring (bicyclic) bond motifs is 3. The Labute approximate surface area is 183 Å². The average Bonchev–Trinajstić information content (AvgIpc) is 3.24. The first-order valence-electron chi connectivity index (χ1n) is 9.75. The van der Waals surface area contributed by atoms with Crippen molar-refractivity contribution in [3.05, 3.63) is 98.6 Å². The lowest BCUT2D eigenvalue weighted by Gasteiger charge is -2.38. The molecule has 0 spiro atoms. The van der Waals surface area contributed by atoms with Crippen molar-refractivity contribution in [2.45, 2.75) is 18.7 Å². The summed E-state index contributed by atoms with van der Waals surface area (Å²) in [6.45, 7) is 0. The van der Waals surface area contributed by atoms with Crippen LogP contribution < -0.4 is 9.47 Å². The first-order valence-corrected chi connectivity index (χ1v) is 10.1. The first-order chi connectivity index (χ1) is 15.0. The molecule has 3 aromatic rings. The molecular weight excluding hydrogens is 418 g/mol. The molecule has 0 amide bonds. The highest BCUT2D eigenvalue weighted by atomic mass is 35.5. The van der Waals surface area contributed by atoms with E-state index in [1.165, 1.54) is 12.1 Å². The smallest absolute Gasteiger partial charge is 0.288 e. The first kappa shape index (κ1) is 19.4. The summed E-state index contributed by atoms with van der Waals surface area (Å²) in [5, 5.41) is 18.2. The Morgan fingerprint density at radius 1 is 1.16 bits per heavy atom. The van der Waals surface area contributed by atoms with E-state index >= 15 is 0 Å². The SMILES string of the molecule is COc1ccc(C2=NN3[C@@H](C2)c2ccccc2O[C@H]3c2ccc(Cl)c([N+](=O)[O-])c2)cc1. The Morgan fingerprint density at radius 3 is 2.68 bits per heavy atom. The van der Waals surface area contributed by atoms with Gasteiger partial charge in [0.25, 0.3) is 5.69 Å². The molecule has 7 nitrogen and oxygen atoms in total. The Bertz CT molecular complexity index is 1200. The van der Waals surface area contributed by atoms with Crippen molar-refractivity contribution in [2.75, 3.05) is 7.11 Å². The molecule has 0 bridgehead atoms. The second-order valence-electron chi connectivity index (χ2n) is 7.35. The summed E-state index contributed by atoms with van der Waals surface area (Å²) < 4.78 is 11.5. The van der Waals surface area contributed by atoms with Crippen molar-refractivity contribution < 1.29 is 14.4 Å². The molecule has 0 saturated carbocycles. The number of ether oxygens (including phenoxy) is 2. The number of nitro benzene ring substituents is 1. The normalized spacial score (nSPS) is 19.2. The third-order valence-corrected chi connectivity index (χ3v) is 5.89. The lowest BCUT2D eigenvalue weighted by Crippen LogP contribution is -2.33. The lowest BCUT2D eigenvalue weighted by molar-refractivity contribution is -0.384. The highest BCUT2D eigenvalue weighted by molar-refractivity contribution is 6.32. The van der Waals surface area contributed by atoms with Crippen LogP contribution in [0.15, 0.2) is 71.8 Å². The molecule has 8 heteroatoms. The molecule has 5 rings (SSSR count). The molecule has 2 aliphatic rings. The molecule has 0 aromatic heterocycles. The summed E-state index contributed by atoms with van der Waals surface area (Å²) in [5.41, 5.74) is 3.41. The van der Waals surface area contributed by atoms with E-state index in [9.17, 15) is 10.1 Å². The van der Waals surface area contributed by atoms with Gasteiger partial charge in [-0.1, -0.05) is 35.9 Å². The van der Waals surface area contributed by atoms with Gasteiger partial charge in [-0.05, 0) is 42.0 Å². The predicted octanol–water partition coefficient (Wildman–Crippen LogP) is 5.50. The molecule has 0 fully saturated rings. The van der Waals surface area contributed by atoms with Gasteiger partial charge in [0.05, 0.1) is 23.8 Å². The number of methoxy groups -OCH3 is 1. The van der Waals surface area contributed by atoms with E-state index in [-0.39, 0.29) is 16.8 Å². The summed E-state index contributed by atoms with van der Waals surface area (Å²) in [6, 6.07) is 20.3. The van der Waals surface area contributed by atoms with Gasteiger partial charge >= 0.3 is 0 Å². The van der Waals surface area contributed by atoms with E-state index in [1.54, 1.807) is 13.2 Å². The quantitative estimate of drug-likeness (QED) is 0.399. The van der Waals surface area contributed by atoms with Gasteiger partial charge < -0.3 is 9.47 Å². The van der Waals surface area contributed by atoms with Crippen LogP contribution in [0.3, 0.4) is 0 Å². The second kappa shape index (κ2) is 7.59. The zero-order chi connectivity index (χ0) is 21.5. The molecule has 0 radical (unpaired) electrons. The van der Waals surface area contributed by atoms with Gasteiger partial charge in [0.1, 0.15) is 16.5 Å². The Hall–Kier alpha value is -3.58. The fraction of sp³-hybridized carbons (Fsp3) is 0.174. The molecule has 0 unspecified atom stereocenters. The van der Waals surface area contributed by atoms with Crippen molar-refractivity contribution >= 4 is 23.0 Å². The highest BCUT2D eigenvalue weighted by Gasteiger charge is 2.41. The number of halogens is 1. The summed E-state index contributed by atoms with van der Waals surface area (Å²) >= 11 is 6.02. The maximum atomic E-state index is 11.4. The van der Waals surface area contributed by atoms with Crippen LogP contribution in [0, 0.1) is 10.1 Å². The third-order valence-electron chi connectivity index (χ3n) is 5.57. The lowest BCUT2D eigenvalue weighted by atomic mass is 9.96. The van der Waals surface area contributed by atoms with Crippen molar-refractivity contribution in [1.29, 1.82) is 0 Å². The van der Waals surface area contributed by atoms with Crippen LogP contribution in [-0.4, -0.2) is 22.8 Å². The zero-order valence-electron chi connectivity index (χ0n) is 16.6. The molecule has 2 heterocycles. The Morgan fingerprint density at radius 2 is 1.94 bits per heavy atom. The number of nitro groups is 1. The topological polar surface area (TPSA) is 77.2 Å². The van der Waals surface area contributed by atoms with Crippen LogP contribution in [0.1, 0.15) is 35.4 Å². The maximum absolute atomic E-state index is 11.4. The van der Waals surface area contributed by atoms with Gasteiger partial charge in [-0.2, -0.15) is 5.10 Å². The number of benzene rings is 3. The minimum atomic E-state index is -0.605. The number of hydrazone groups is 1. The van der Waals surface area contributed by atoms with Gasteiger partial charge in [0.15, 0.2) is 0 Å². The van der Waals surface area contributed by atoms with Crippen LogP contribution in [0.5, 0.6) is 11.5 Å². The van der Waals surface area contributed by atoms with Gasteiger partial charge in [-0.25, -0.2) is 5.01 Å². The predicted molar refractivity (Wildman–Crippen MR) is 117 cm³/mol. The third kappa shape index (κ3) is 3.37. The van der Waals surface area contributed by atoms with E-state index in [0.29, 0.717) is 12.0 Å². The summed E-state index contributed by atoms with van der Waals surface area (Å²) in [4.78, 5) is 10.9. The number of hydrogen-bond donors (Lipinski definition) is 0. The summed E-state index contributed by atoms with van der Waals surface area (Å²) in [7, 11) is 1.63. The summed E-state index contributed by atoms with van der Waals surface area (Å²) in [6.07, 6.45) is 0.0884. The van der Waals surface area contributed by atoms with Crippen molar-refractivity contribution in [3.8, 4) is 11.5 Å². The largest absolute Gasteiger partial charge is 0.497 e. The fourth-order valence-electron chi connectivity index (χ4n) is 4.04. The van der Waals surface area contributed by atoms with Crippen LogP contribution in [-0.2, 0) is 0 Å². The van der Waals surface area contributed by atoms with Gasteiger partial charge in [0.2, 0.25) is 6.23 Å². The van der Waals surface area contributed by atoms with Crippen LogP contribution in [0.25, 0.3) is 0 Å². The van der Waals surface area contributed by atoms with Gasteiger partial charge in [-0.3, -0.25) is 10.1 Å². The van der Waals surface area contributed by atoms with Crippen molar-refractivity contribution in [2.24, 2.45) is 5.10 Å². The molecule has 0 aliphatic carbocycles. The standard InChI is InChI=1S/C23H18ClN3O4/c1-30-16-9-6-14(7-10-16)19-13-20-17-4-2-3-5-22(17)31-23(26(20)25-19)15-8-11-18(24)21(12-15)27(28)29/h2-12,20,23H,13H2,1H3/t20-,23-/m0/s1. The minimum Gasteiger partial charge on any atom is -0.497 e. The molecule has 156 valence electrons. The molecule has 0 N–H and O–H groups in total. The monoisotopic (exact) mass is 435 g/mol. The van der Waals surface area contributed by atoms with Crippen LogP contribution in [0.2, 0.25) is 5.02 Å². The van der Waals surface area contributed by atoms with Crippen molar-refractivity contribution in [1.82, 2.24) is 5.01 Å². The second-order valence-corrected chi connectivity index (χ2v) is 7.76. The average molecular weight is 436 g/mol. The minimum absolute atomic E-state index is 0.0400. The van der Waals surface area contributed by atoms with E-state index in [2.05, 4.69) is 0 Å². The van der Waals surface area contributed by atoms with Crippen LogP contribution in [0.4, 0.5) is 5.69 Å². The molecular formula is C23H18ClN3O4. The maximum Gasteiger partial charge on any atom is 0.288 e. The number of para-hydroxylation sites is 1. The zero-order valence-corrected chi connectivity index (χ0v) is 17.3. The molecule has 2 atom stereocenters. The van der Waals surface area contributed by atoms with Gasteiger partial charge in [-0.15, -0.1) is 0 Å². The van der Waals surface area contributed by atoms with E-state index in [0.717, 1.165) is 28.3 Å². The molecule has 0 saturated heterocycles. The fourth-order valence-corrected chi connectivity index (χ4v) is 4.22. The molecule has 2 aliphatic heterocycles. The molecule has 3 aromatic carbocycles. The van der Waals surface area contributed by atoms with E-state index < -0.39 is 11.2 Å². The van der Waals surface area contributed by atoms with E-state index in [1.807, 2.05) is 53.5 Å². The number of nitrogens with zero attached hydrogens (tertiary/aromatic N) is 3. The highest BCUT2D eigenvalue weighted by Crippen LogP contribution is 2.48. The number of rotatable bonds is 4. The van der Waals surface area contributed by atoms with Gasteiger partial charge in [0, 0.05) is 23.6 Å². The molecule has 31 heavy (non-hydrogen) atoms. The van der Waals surface area contributed by atoms with Crippen molar-refractivity contribution in [3.63, 3.8) is 0 Å². The Kier molecular flexibility index (Phi) is 4.75. The Balaban J connectivity index is 1.58. The van der Waals surface area contributed by atoms with E-state index in [4.69, 9.17) is 26.2 Å². The van der Waals surface area contributed by atoms with Crippen LogP contribution >= 0.6 is 11.6 Å². The summed E-state index contributed by atoms with van der Waals surface area (Å²) in [5.74, 6) is 1.53.